The van der Waals surface area contributed by atoms with E-state index in [0.717, 1.165) is 28.5 Å². The van der Waals surface area contributed by atoms with Crippen molar-refractivity contribution in [3.05, 3.63) is 41.1 Å². The van der Waals surface area contributed by atoms with Gasteiger partial charge in [-0.2, -0.15) is 11.8 Å². The molecule has 1 aromatic carbocycles. The molecule has 0 radical (unpaired) electrons. The Hall–Kier alpha value is -1.95. The maximum atomic E-state index is 12.3. The molecule has 5 nitrogen and oxygen atoms in total. The highest BCUT2D eigenvalue weighted by molar-refractivity contribution is 7.98. The first-order valence-electron chi connectivity index (χ1n) is 6.29. The zero-order chi connectivity index (χ0) is 14.1. The van der Waals surface area contributed by atoms with E-state index < -0.39 is 0 Å². The lowest BCUT2D eigenvalue weighted by atomic mass is 10.1. The number of carbonyl (C=O) groups is 1. The Kier molecular flexibility index (Phi) is 3.40. The lowest BCUT2D eigenvalue weighted by Crippen LogP contribution is -2.14. The van der Waals surface area contributed by atoms with Crippen molar-refractivity contribution in [1.29, 1.82) is 0 Å². The Balaban J connectivity index is 1.81. The predicted molar refractivity (Wildman–Crippen MR) is 80.2 cm³/mol. The molecule has 0 bridgehead atoms. The third-order valence-electron chi connectivity index (χ3n) is 3.21. The van der Waals surface area contributed by atoms with Crippen LogP contribution in [0, 0.1) is 0 Å². The van der Waals surface area contributed by atoms with Crippen LogP contribution in [-0.2, 0) is 11.5 Å². The van der Waals surface area contributed by atoms with Gasteiger partial charge in [-0.05, 0) is 18.2 Å². The number of aromatic nitrogens is 1. The van der Waals surface area contributed by atoms with E-state index in [2.05, 4.69) is 10.5 Å². The van der Waals surface area contributed by atoms with E-state index in [1.165, 1.54) is 0 Å². The molecule has 1 amide bonds. The SMILES string of the molecule is CN(C)c1cccc(C(=O)Nc2onc3c2CSC3)c1. The average Bonchev–Trinajstić information content (AvgIpc) is 3.04. The molecule has 1 aliphatic rings. The van der Waals surface area contributed by atoms with E-state index in [0.29, 0.717) is 11.4 Å². The summed E-state index contributed by atoms with van der Waals surface area (Å²) in [5.41, 5.74) is 3.53. The number of benzene rings is 1. The van der Waals surface area contributed by atoms with Crippen LogP contribution in [0.3, 0.4) is 0 Å². The number of anilines is 2. The number of amides is 1. The number of thioether (sulfide) groups is 1. The van der Waals surface area contributed by atoms with E-state index in [9.17, 15) is 4.79 Å². The molecular weight excluding hydrogens is 274 g/mol. The third-order valence-corrected chi connectivity index (χ3v) is 4.18. The second-order valence-electron chi connectivity index (χ2n) is 4.83. The molecule has 20 heavy (non-hydrogen) atoms. The van der Waals surface area contributed by atoms with Crippen LogP contribution in [0.1, 0.15) is 21.6 Å². The van der Waals surface area contributed by atoms with Crippen LogP contribution < -0.4 is 10.2 Å². The molecule has 104 valence electrons. The molecule has 0 saturated heterocycles. The quantitative estimate of drug-likeness (QED) is 0.941. The van der Waals surface area contributed by atoms with E-state index in [1.807, 2.05) is 37.2 Å². The number of hydrogen-bond acceptors (Lipinski definition) is 5. The molecule has 3 rings (SSSR count). The Morgan fingerprint density at radius 2 is 2.25 bits per heavy atom. The van der Waals surface area contributed by atoms with E-state index in [4.69, 9.17) is 4.52 Å². The van der Waals surface area contributed by atoms with Crippen molar-refractivity contribution in [2.75, 3.05) is 24.3 Å². The largest absolute Gasteiger partial charge is 0.378 e. The summed E-state index contributed by atoms with van der Waals surface area (Å²) in [6, 6.07) is 7.46. The van der Waals surface area contributed by atoms with Gasteiger partial charge < -0.3 is 9.42 Å². The lowest BCUT2D eigenvalue weighted by molar-refractivity contribution is 0.102. The van der Waals surface area contributed by atoms with Crippen LogP contribution in [0.15, 0.2) is 28.8 Å². The smallest absolute Gasteiger partial charge is 0.258 e. The highest BCUT2D eigenvalue weighted by Gasteiger charge is 2.23. The summed E-state index contributed by atoms with van der Waals surface area (Å²) < 4.78 is 5.20. The van der Waals surface area contributed by atoms with Gasteiger partial charge in [-0.3, -0.25) is 10.1 Å². The van der Waals surface area contributed by atoms with Crippen LogP contribution in [-0.4, -0.2) is 25.2 Å². The van der Waals surface area contributed by atoms with Crippen molar-refractivity contribution in [3.63, 3.8) is 0 Å². The summed E-state index contributed by atoms with van der Waals surface area (Å²) in [6.07, 6.45) is 0. The molecule has 2 heterocycles. The predicted octanol–water partition coefficient (Wildman–Crippen LogP) is 2.74. The minimum atomic E-state index is -0.176. The molecule has 1 aromatic heterocycles. The molecule has 0 saturated carbocycles. The highest BCUT2D eigenvalue weighted by Crippen LogP contribution is 2.34. The molecule has 1 N–H and O–H groups in total. The molecule has 0 unspecified atom stereocenters. The van der Waals surface area contributed by atoms with Gasteiger partial charge in [0, 0.05) is 36.9 Å². The first-order chi connectivity index (χ1) is 9.65. The standard InChI is InChI=1S/C14H15N3O2S/c1-17(2)10-5-3-4-9(6-10)13(18)15-14-11-7-20-8-12(11)16-19-14/h3-6H,7-8H2,1-2H3,(H,15,18). The number of carbonyl (C=O) groups excluding carboxylic acids is 1. The van der Waals surface area contributed by atoms with Crippen LogP contribution in [0.4, 0.5) is 11.6 Å². The molecule has 2 aromatic rings. The van der Waals surface area contributed by atoms with Crippen molar-refractivity contribution in [2.24, 2.45) is 0 Å². The van der Waals surface area contributed by atoms with Gasteiger partial charge in [0.1, 0.15) is 0 Å². The second-order valence-corrected chi connectivity index (χ2v) is 5.81. The summed E-state index contributed by atoms with van der Waals surface area (Å²) in [5, 5.41) is 6.78. The van der Waals surface area contributed by atoms with Gasteiger partial charge in [0.25, 0.3) is 5.91 Å². The summed E-state index contributed by atoms with van der Waals surface area (Å²) in [7, 11) is 3.88. The van der Waals surface area contributed by atoms with Crippen molar-refractivity contribution >= 4 is 29.2 Å². The Labute approximate surface area is 121 Å². The summed E-state index contributed by atoms with van der Waals surface area (Å²) in [4.78, 5) is 14.2. The Bertz CT molecular complexity index is 652. The van der Waals surface area contributed by atoms with Crippen LogP contribution >= 0.6 is 11.8 Å². The number of nitrogens with one attached hydrogen (secondary N) is 1. The number of rotatable bonds is 3. The summed E-state index contributed by atoms with van der Waals surface area (Å²) in [6.45, 7) is 0. The van der Waals surface area contributed by atoms with Gasteiger partial charge in [-0.1, -0.05) is 11.2 Å². The second kappa shape index (κ2) is 5.20. The number of nitrogens with zero attached hydrogens (tertiary/aromatic N) is 2. The fourth-order valence-electron chi connectivity index (χ4n) is 2.05. The van der Waals surface area contributed by atoms with Crippen LogP contribution in [0.2, 0.25) is 0 Å². The molecule has 0 spiro atoms. The Morgan fingerprint density at radius 3 is 3.05 bits per heavy atom. The van der Waals surface area contributed by atoms with Gasteiger partial charge in [0.05, 0.1) is 11.3 Å². The van der Waals surface area contributed by atoms with Gasteiger partial charge in [-0.25, -0.2) is 0 Å². The topological polar surface area (TPSA) is 58.4 Å². The van der Waals surface area contributed by atoms with Gasteiger partial charge in [-0.15, -0.1) is 0 Å². The van der Waals surface area contributed by atoms with Crippen molar-refractivity contribution in [3.8, 4) is 0 Å². The van der Waals surface area contributed by atoms with E-state index in [1.54, 1.807) is 17.8 Å². The molecule has 0 fully saturated rings. The highest BCUT2D eigenvalue weighted by atomic mass is 32.2. The van der Waals surface area contributed by atoms with E-state index in [-0.39, 0.29) is 5.91 Å². The van der Waals surface area contributed by atoms with E-state index >= 15 is 0 Å². The number of fused-ring (bicyclic) bond motifs is 1. The maximum Gasteiger partial charge on any atom is 0.258 e. The third kappa shape index (κ3) is 2.38. The molecule has 0 atom stereocenters. The van der Waals surface area contributed by atoms with Crippen LogP contribution in [0.25, 0.3) is 0 Å². The summed E-state index contributed by atoms with van der Waals surface area (Å²) >= 11 is 1.77. The maximum absolute atomic E-state index is 12.3. The first-order valence-corrected chi connectivity index (χ1v) is 7.44. The first kappa shape index (κ1) is 13.1. The molecular formula is C14H15N3O2S. The summed E-state index contributed by atoms with van der Waals surface area (Å²) in [5.74, 6) is 1.99. The molecule has 1 aliphatic heterocycles. The fourth-order valence-corrected chi connectivity index (χ4v) is 3.08. The zero-order valence-electron chi connectivity index (χ0n) is 11.3. The minimum Gasteiger partial charge on any atom is -0.378 e. The monoisotopic (exact) mass is 289 g/mol. The van der Waals surface area contributed by atoms with Crippen molar-refractivity contribution < 1.29 is 9.32 Å². The Morgan fingerprint density at radius 1 is 1.40 bits per heavy atom. The number of hydrogen-bond donors (Lipinski definition) is 1. The zero-order valence-corrected chi connectivity index (χ0v) is 12.2. The van der Waals surface area contributed by atoms with Crippen molar-refractivity contribution in [2.45, 2.75) is 11.5 Å². The van der Waals surface area contributed by atoms with Crippen molar-refractivity contribution in [1.82, 2.24) is 5.16 Å². The normalized spacial score (nSPS) is 13.1. The molecule has 0 aliphatic carbocycles. The van der Waals surface area contributed by atoms with Gasteiger partial charge in [0.2, 0.25) is 5.88 Å². The van der Waals surface area contributed by atoms with Gasteiger partial charge >= 0.3 is 0 Å². The molecule has 6 heteroatoms. The van der Waals surface area contributed by atoms with Crippen LogP contribution in [0.5, 0.6) is 0 Å². The van der Waals surface area contributed by atoms with Gasteiger partial charge in [0.15, 0.2) is 0 Å². The fraction of sp³-hybridized carbons (Fsp3) is 0.286. The lowest BCUT2D eigenvalue weighted by Gasteiger charge is -2.13. The average molecular weight is 289 g/mol. The minimum absolute atomic E-state index is 0.176.